The molecule has 0 aromatic heterocycles. The molecule has 1 amide bonds. The number of phenolic OH excluding ortho intramolecular Hbond substituents is 1. The number of alkyl carbamates (subject to hydrolysis) is 1. The zero-order valence-electron chi connectivity index (χ0n) is 13.4. The molecule has 0 fully saturated rings. The number of carbonyl (C=O) groups excluding carboxylic acids is 2. The van der Waals surface area contributed by atoms with E-state index in [1.807, 2.05) is 0 Å². The van der Waals surface area contributed by atoms with Gasteiger partial charge in [0, 0.05) is 6.42 Å². The Balaban J connectivity index is 2.80. The lowest BCUT2D eigenvalue weighted by molar-refractivity contribution is -0.145. The fraction of sp³-hybridized carbons (Fsp3) is 0.500. The first-order valence-electron chi connectivity index (χ1n) is 7.15. The zero-order chi connectivity index (χ0) is 16.8. The smallest absolute Gasteiger partial charge is 0.408 e. The van der Waals surface area contributed by atoms with Gasteiger partial charge in [0.2, 0.25) is 0 Å². The number of ether oxygens (including phenoxy) is 2. The predicted octanol–water partition coefficient (Wildman–Crippen LogP) is 2.39. The quantitative estimate of drug-likeness (QED) is 0.816. The maximum atomic E-state index is 12.0. The Labute approximate surface area is 130 Å². The minimum absolute atomic E-state index is 0.0948. The molecule has 0 saturated heterocycles. The van der Waals surface area contributed by atoms with E-state index >= 15 is 0 Å². The van der Waals surface area contributed by atoms with Crippen LogP contribution in [0.25, 0.3) is 0 Å². The van der Waals surface area contributed by atoms with Crippen molar-refractivity contribution in [2.24, 2.45) is 0 Å². The van der Waals surface area contributed by atoms with Crippen LogP contribution in [0.4, 0.5) is 4.79 Å². The number of nitrogens with one attached hydrogen (secondary N) is 1. The van der Waals surface area contributed by atoms with Crippen LogP contribution in [0.3, 0.4) is 0 Å². The van der Waals surface area contributed by atoms with Gasteiger partial charge in [-0.05, 0) is 45.4 Å². The third-order valence-electron chi connectivity index (χ3n) is 2.61. The summed E-state index contributed by atoms with van der Waals surface area (Å²) in [4.78, 5) is 23.8. The Morgan fingerprint density at radius 3 is 2.55 bits per heavy atom. The van der Waals surface area contributed by atoms with E-state index in [1.54, 1.807) is 39.8 Å². The first kappa shape index (κ1) is 17.8. The number of amides is 1. The summed E-state index contributed by atoms with van der Waals surface area (Å²) < 4.78 is 10.1. The second-order valence-corrected chi connectivity index (χ2v) is 5.82. The minimum Gasteiger partial charge on any atom is -0.508 e. The molecule has 0 heterocycles. The van der Waals surface area contributed by atoms with E-state index in [4.69, 9.17) is 9.47 Å². The molecule has 1 rings (SSSR count). The summed E-state index contributed by atoms with van der Waals surface area (Å²) in [6, 6.07) is 5.60. The van der Waals surface area contributed by atoms with E-state index in [0.29, 0.717) is 5.56 Å². The Hall–Kier alpha value is -2.24. The number of benzene rings is 1. The van der Waals surface area contributed by atoms with Gasteiger partial charge in [-0.25, -0.2) is 9.59 Å². The topological polar surface area (TPSA) is 84.9 Å². The lowest BCUT2D eigenvalue weighted by atomic mass is 10.1. The average Bonchev–Trinajstić information content (AvgIpc) is 2.36. The summed E-state index contributed by atoms with van der Waals surface area (Å²) >= 11 is 0. The highest BCUT2D eigenvalue weighted by atomic mass is 16.6. The molecule has 0 aliphatic rings. The van der Waals surface area contributed by atoms with Crippen LogP contribution in [0, 0.1) is 0 Å². The van der Waals surface area contributed by atoms with Gasteiger partial charge in [-0.3, -0.25) is 0 Å². The first-order chi connectivity index (χ1) is 10.2. The highest BCUT2D eigenvalue weighted by molar-refractivity contribution is 5.81. The van der Waals surface area contributed by atoms with Crippen LogP contribution in [-0.4, -0.2) is 35.4 Å². The van der Waals surface area contributed by atoms with Crippen molar-refractivity contribution in [3.63, 3.8) is 0 Å². The Bertz CT molecular complexity index is 522. The van der Waals surface area contributed by atoms with Crippen LogP contribution >= 0.6 is 0 Å². The monoisotopic (exact) mass is 309 g/mol. The molecular weight excluding hydrogens is 286 g/mol. The van der Waals surface area contributed by atoms with Crippen LogP contribution in [0.15, 0.2) is 24.3 Å². The van der Waals surface area contributed by atoms with Gasteiger partial charge in [0.25, 0.3) is 0 Å². The van der Waals surface area contributed by atoms with Gasteiger partial charge in [0.05, 0.1) is 6.61 Å². The fourth-order valence-corrected chi connectivity index (χ4v) is 1.81. The molecule has 0 spiro atoms. The third kappa shape index (κ3) is 6.47. The van der Waals surface area contributed by atoms with Crippen molar-refractivity contribution in [2.45, 2.75) is 45.8 Å². The molecule has 0 aliphatic heterocycles. The molecule has 0 unspecified atom stereocenters. The largest absolute Gasteiger partial charge is 0.508 e. The second-order valence-electron chi connectivity index (χ2n) is 5.82. The second kappa shape index (κ2) is 7.68. The molecule has 6 nitrogen and oxygen atoms in total. The molecule has 1 aromatic carbocycles. The summed E-state index contributed by atoms with van der Waals surface area (Å²) in [6.45, 7) is 7.12. The lowest BCUT2D eigenvalue weighted by Crippen LogP contribution is -2.45. The number of hydrogen-bond donors (Lipinski definition) is 2. The normalized spacial score (nSPS) is 12.4. The Morgan fingerprint density at radius 2 is 2.00 bits per heavy atom. The maximum Gasteiger partial charge on any atom is 0.408 e. The predicted molar refractivity (Wildman–Crippen MR) is 81.6 cm³/mol. The van der Waals surface area contributed by atoms with Gasteiger partial charge in [0.15, 0.2) is 0 Å². The summed E-state index contributed by atoms with van der Waals surface area (Å²) in [6.07, 6.45) is -0.488. The molecule has 1 atom stereocenters. The van der Waals surface area contributed by atoms with E-state index < -0.39 is 23.7 Å². The van der Waals surface area contributed by atoms with Gasteiger partial charge in [-0.15, -0.1) is 0 Å². The molecule has 0 radical (unpaired) electrons. The van der Waals surface area contributed by atoms with Crippen molar-refractivity contribution in [1.29, 1.82) is 0 Å². The van der Waals surface area contributed by atoms with Crippen molar-refractivity contribution < 1.29 is 24.2 Å². The van der Waals surface area contributed by atoms with Crippen LogP contribution in [0.5, 0.6) is 5.75 Å². The van der Waals surface area contributed by atoms with Gasteiger partial charge in [0.1, 0.15) is 17.4 Å². The van der Waals surface area contributed by atoms with E-state index in [2.05, 4.69) is 5.32 Å². The number of aromatic hydroxyl groups is 1. The fourth-order valence-electron chi connectivity index (χ4n) is 1.81. The SMILES string of the molecule is CCOC(=O)[C@H](Cc1cccc(O)c1)NC(=O)OC(C)(C)C. The minimum atomic E-state index is -0.878. The van der Waals surface area contributed by atoms with Crippen molar-refractivity contribution in [1.82, 2.24) is 5.32 Å². The van der Waals surface area contributed by atoms with Crippen molar-refractivity contribution >= 4 is 12.1 Å². The Morgan fingerprint density at radius 1 is 1.32 bits per heavy atom. The summed E-state index contributed by atoms with van der Waals surface area (Å²) in [5, 5.41) is 12.0. The molecule has 122 valence electrons. The van der Waals surface area contributed by atoms with Gasteiger partial charge < -0.3 is 19.9 Å². The molecule has 1 aromatic rings. The summed E-state index contributed by atoms with van der Waals surface area (Å²) in [5.74, 6) is -0.450. The van der Waals surface area contributed by atoms with E-state index in [1.165, 1.54) is 12.1 Å². The number of rotatable bonds is 5. The number of esters is 1. The highest BCUT2D eigenvalue weighted by Gasteiger charge is 2.25. The number of phenols is 1. The molecule has 0 aliphatic carbocycles. The number of hydrogen-bond acceptors (Lipinski definition) is 5. The zero-order valence-corrected chi connectivity index (χ0v) is 13.4. The van der Waals surface area contributed by atoms with Crippen molar-refractivity contribution in [2.75, 3.05) is 6.61 Å². The first-order valence-corrected chi connectivity index (χ1v) is 7.15. The van der Waals surface area contributed by atoms with Gasteiger partial charge in [-0.1, -0.05) is 12.1 Å². The van der Waals surface area contributed by atoms with Crippen LogP contribution in [0.1, 0.15) is 33.3 Å². The molecular formula is C16H23NO5. The average molecular weight is 309 g/mol. The van der Waals surface area contributed by atoms with Crippen LogP contribution in [-0.2, 0) is 20.7 Å². The van der Waals surface area contributed by atoms with Gasteiger partial charge >= 0.3 is 12.1 Å². The summed E-state index contributed by atoms with van der Waals surface area (Å²) in [7, 11) is 0. The maximum absolute atomic E-state index is 12.0. The molecule has 22 heavy (non-hydrogen) atoms. The molecule has 0 bridgehead atoms. The van der Waals surface area contributed by atoms with Gasteiger partial charge in [-0.2, -0.15) is 0 Å². The Kier molecular flexibility index (Phi) is 6.22. The van der Waals surface area contributed by atoms with Crippen molar-refractivity contribution in [3.05, 3.63) is 29.8 Å². The lowest BCUT2D eigenvalue weighted by Gasteiger charge is -2.23. The molecule has 6 heteroatoms. The van der Waals surface area contributed by atoms with Crippen molar-refractivity contribution in [3.8, 4) is 5.75 Å². The van der Waals surface area contributed by atoms with E-state index in [-0.39, 0.29) is 18.8 Å². The highest BCUT2D eigenvalue weighted by Crippen LogP contribution is 2.14. The standard InChI is InChI=1S/C16H23NO5/c1-5-21-14(19)13(17-15(20)22-16(2,3)4)10-11-7-6-8-12(18)9-11/h6-9,13,18H,5,10H2,1-4H3,(H,17,20)/t13-/m0/s1. The van der Waals surface area contributed by atoms with Crippen LogP contribution in [0.2, 0.25) is 0 Å². The van der Waals surface area contributed by atoms with E-state index in [9.17, 15) is 14.7 Å². The third-order valence-corrected chi connectivity index (χ3v) is 2.61. The number of carbonyl (C=O) groups is 2. The summed E-state index contributed by atoms with van der Waals surface area (Å²) in [5.41, 5.74) is 0.0445. The molecule has 0 saturated carbocycles. The van der Waals surface area contributed by atoms with Crippen LogP contribution < -0.4 is 5.32 Å². The molecule has 2 N–H and O–H groups in total. The van der Waals surface area contributed by atoms with E-state index in [0.717, 1.165) is 0 Å².